The fourth-order valence-electron chi connectivity index (χ4n) is 1.31. The number of imidazole rings is 1. The van der Waals surface area contributed by atoms with Gasteiger partial charge in [-0.1, -0.05) is 0 Å². The molecule has 0 unspecified atom stereocenters. The van der Waals surface area contributed by atoms with Crippen molar-refractivity contribution in [3.63, 3.8) is 0 Å². The number of hydrogen-bond acceptors (Lipinski definition) is 5. The summed E-state index contributed by atoms with van der Waals surface area (Å²) in [6, 6.07) is 3.54. The zero-order chi connectivity index (χ0) is 12.4. The second-order valence-electron chi connectivity index (χ2n) is 3.13. The molecule has 0 aliphatic heterocycles. The Hall–Kier alpha value is -2.80. The van der Waals surface area contributed by atoms with E-state index in [0.29, 0.717) is 0 Å². The lowest BCUT2D eigenvalue weighted by molar-refractivity contribution is 0.589. The summed E-state index contributed by atoms with van der Waals surface area (Å²) in [5, 5.41) is 17.6. The van der Waals surface area contributed by atoms with Gasteiger partial charge in [-0.2, -0.15) is 10.5 Å². The maximum atomic E-state index is 13.8. The zero-order valence-electron chi connectivity index (χ0n) is 8.72. The largest absolute Gasteiger partial charge is 0.270 e. The van der Waals surface area contributed by atoms with Crippen LogP contribution in [0.1, 0.15) is 17.1 Å². The molecule has 0 aliphatic carbocycles. The molecule has 0 amide bonds. The smallest absolute Gasteiger partial charge is 0.187 e. The van der Waals surface area contributed by atoms with Gasteiger partial charge in [0.25, 0.3) is 0 Å². The third kappa shape index (κ3) is 1.60. The maximum absolute atomic E-state index is 13.8. The van der Waals surface area contributed by atoms with Crippen molar-refractivity contribution in [3.8, 4) is 18.0 Å². The number of aryl methyl sites for hydroxylation is 1. The summed E-state index contributed by atoms with van der Waals surface area (Å²) in [7, 11) is 0. The predicted molar refractivity (Wildman–Crippen MR) is 53.3 cm³/mol. The van der Waals surface area contributed by atoms with Gasteiger partial charge in [0.2, 0.25) is 0 Å². The van der Waals surface area contributed by atoms with Crippen LogP contribution in [-0.4, -0.2) is 19.5 Å². The summed E-state index contributed by atoms with van der Waals surface area (Å²) >= 11 is 0. The molecule has 2 aromatic rings. The first-order valence-corrected chi connectivity index (χ1v) is 4.54. The number of nitrogens with zero attached hydrogens (tertiary/aromatic N) is 6. The molecule has 17 heavy (non-hydrogen) atoms. The molecule has 2 aromatic heterocycles. The third-order valence-corrected chi connectivity index (χ3v) is 2.15. The van der Waals surface area contributed by atoms with Gasteiger partial charge in [-0.05, 0) is 6.92 Å². The highest BCUT2D eigenvalue weighted by Crippen LogP contribution is 2.15. The summed E-state index contributed by atoms with van der Waals surface area (Å²) in [4.78, 5) is 11.1. The molecule has 0 bridgehead atoms. The highest BCUT2D eigenvalue weighted by molar-refractivity contribution is 5.42. The standard InChI is InChI=1S/C10H5FN6/c1-6-9(11)10(15-4-14-6)17-5-16-7(2-12)8(17)3-13/h4-5H,1H3. The Morgan fingerprint density at radius 3 is 2.65 bits per heavy atom. The van der Waals surface area contributed by atoms with E-state index in [9.17, 15) is 4.39 Å². The van der Waals surface area contributed by atoms with Crippen LogP contribution in [0.3, 0.4) is 0 Å². The first-order valence-electron chi connectivity index (χ1n) is 4.54. The summed E-state index contributed by atoms with van der Waals surface area (Å²) in [5.41, 5.74) is 0.0405. The third-order valence-electron chi connectivity index (χ3n) is 2.15. The van der Waals surface area contributed by atoms with Crippen molar-refractivity contribution < 1.29 is 4.39 Å². The van der Waals surface area contributed by atoms with E-state index in [1.54, 1.807) is 12.1 Å². The van der Waals surface area contributed by atoms with Crippen LogP contribution in [0.4, 0.5) is 4.39 Å². The quantitative estimate of drug-likeness (QED) is 0.721. The van der Waals surface area contributed by atoms with E-state index in [1.165, 1.54) is 19.6 Å². The second-order valence-corrected chi connectivity index (χ2v) is 3.13. The molecular formula is C10H5FN6. The minimum absolute atomic E-state index is 0.0514. The zero-order valence-corrected chi connectivity index (χ0v) is 8.72. The molecule has 0 N–H and O–H groups in total. The van der Waals surface area contributed by atoms with Gasteiger partial charge in [0.1, 0.15) is 24.8 Å². The van der Waals surface area contributed by atoms with Gasteiger partial charge < -0.3 is 0 Å². The molecular weight excluding hydrogens is 223 g/mol. The summed E-state index contributed by atoms with van der Waals surface area (Å²) in [5.74, 6) is -0.742. The minimum atomic E-state index is -0.647. The van der Waals surface area contributed by atoms with Crippen LogP contribution in [0, 0.1) is 35.4 Å². The van der Waals surface area contributed by atoms with E-state index in [2.05, 4.69) is 15.0 Å². The van der Waals surface area contributed by atoms with Gasteiger partial charge in [0, 0.05) is 0 Å². The molecule has 0 saturated carbocycles. The van der Waals surface area contributed by atoms with Crippen molar-refractivity contribution in [2.24, 2.45) is 0 Å². The molecule has 0 spiro atoms. The molecule has 0 atom stereocenters. The highest BCUT2D eigenvalue weighted by atomic mass is 19.1. The van der Waals surface area contributed by atoms with Crippen LogP contribution in [0.5, 0.6) is 0 Å². The van der Waals surface area contributed by atoms with E-state index < -0.39 is 5.82 Å². The van der Waals surface area contributed by atoms with E-state index in [-0.39, 0.29) is 22.9 Å². The topological polar surface area (TPSA) is 91.2 Å². The van der Waals surface area contributed by atoms with Crippen LogP contribution in [0.15, 0.2) is 12.7 Å². The molecule has 7 heteroatoms. The lowest BCUT2D eigenvalue weighted by Gasteiger charge is -2.04. The SMILES string of the molecule is Cc1ncnc(-n2cnc(C#N)c2C#N)c1F. The van der Waals surface area contributed by atoms with E-state index >= 15 is 0 Å². The van der Waals surface area contributed by atoms with E-state index in [4.69, 9.17) is 10.5 Å². The average Bonchev–Trinajstić information content (AvgIpc) is 2.75. The van der Waals surface area contributed by atoms with Gasteiger partial charge in [-0.3, -0.25) is 4.57 Å². The van der Waals surface area contributed by atoms with Gasteiger partial charge >= 0.3 is 0 Å². The molecule has 0 fully saturated rings. The average molecular weight is 228 g/mol. The Labute approximate surface area is 95.6 Å². The van der Waals surface area contributed by atoms with Crippen LogP contribution < -0.4 is 0 Å². The Morgan fingerprint density at radius 1 is 1.24 bits per heavy atom. The Bertz CT molecular complexity index is 660. The number of hydrogen-bond donors (Lipinski definition) is 0. The predicted octanol–water partition coefficient (Wildman–Crippen LogP) is 0.853. The molecule has 2 heterocycles. The van der Waals surface area contributed by atoms with Crippen molar-refractivity contribution in [2.45, 2.75) is 6.92 Å². The van der Waals surface area contributed by atoms with Gasteiger partial charge in [-0.25, -0.2) is 19.3 Å². The number of aromatic nitrogens is 4. The van der Waals surface area contributed by atoms with Gasteiger partial charge in [-0.15, -0.1) is 0 Å². The number of rotatable bonds is 1. The summed E-state index contributed by atoms with van der Waals surface area (Å²) in [6.07, 6.45) is 2.36. The van der Waals surface area contributed by atoms with Crippen LogP contribution in [0.25, 0.3) is 5.82 Å². The highest BCUT2D eigenvalue weighted by Gasteiger charge is 2.16. The van der Waals surface area contributed by atoms with E-state index in [0.717, 1.165) is 4.57 Å². The van der Waals surface area contributed by atoms with E-state index in [1.807, 2.05) is 0 Å². The Balaban J connectivity index is 2.71. The Kier molecular flexibility index (Phi) is 2.51. The van der Waals surface area contributed by atoms with Crippen LogP contribution in [-0.2, 0) is 0 Å². The first-order chi connectivity index (χ1) is 8.19. The molecule has 6 nitrogen and oxygen atoms in total. The molecule has 0 radical (unpaired) electrons. The van der Waals surface area contributed by atoms with Crippen molar-refractivity contribution in [3.05, 3.63) is 35.6 Å². The first kappa shape index (κ1) is 10.7. The maximum Gasteiger partial charge on any atom is 0.187 e. The van der Waals surface area contributed by atoms with Crippen LogP contribution in [0.2, 0.25) is 0 Å². The van der Waals surface area contributed by atoms with Gasteiger partial charge in [0.05, 0.1) is 5.69 Å². The number of halogens is 1. The van der Waals surface area contributed by atoms with Crippen molar-refractivity contribution in [2.75, 3.05) is 0 Å². The second kappa shape index (κ2) is 3.99. The lowest BCUT2D eigenvalue weighted by atomic mass is 10.3. The lowest BCUT2D eigenvalue weighted by Crippen LogP contribution is -2.05. The molecule has 2 rings (SSSR count). The molecule has 0 saturated heterocycles. The van der Waals surface area contributed by atoms with Crippen molar-refractivity contribution >= 4 is 0 Å². The molecule has 82 valence electrons. The number of nitriles is 2. The fraction of sp³-hybridized carbons (Fsp3) is 0.100. The van der Waals surface area contributed by atoms with Crippen molar-refractivity contribution in [1.29, 1.82) is 10.5 Å². The fourth-order valence-corrected chi connectivity index (χ4v) is 1.31. The normalized spacial score (nSPS) is 9.65. The monoisotopic (exact) mass is 228 g/mol. The van der Waals surface area contributed by atoms with Gasteiger partial charge in [0.15, 0.2) is 23.0 Å². The summed E-state index contributed by atoms with van der Waals surface area (Å²) < 4.78 is 14.9. The molecule has 0 aromatic carbocycles. The van der Waals surface area contributed by atoms with Crippen molar-refractivity contribution in [1.82, 2.24) is 19.5 Å². The van der Waals surface area contributed by atoms with Crippen LogP contribution >= 0.6 is 0 Å². The Morgan fingerprint density at radius 2 is 2.00 bits per heavy atom. The minimum Gasteiger partial charge on any atom is -0.270 e. The summed E-state index contributed by atoms with van der Waals surface area (Å²) in [6.45, 7) is 1.48. The molecule has 0 aliphatic rings.